The summed E-state index contributed by atoms with van der Waals surface area (Å²) in [6.45, 7) is 1.17. The number of nitrogens with zero attached hydrogens (tertiary/aromatic N) is 2. The molecule has 2 aromatic rings. The maximum atomic E-state index is 11.2. The molecule has 0 radical (unpaired) electrons. The molecular formula is C14H20IN5O2S2. The number of aromatic nitrogens is 1. The number of pyridine rings is 1. The van der Waals surface area contributed by atoms with Crippen molar-refractivity contribution in [3.63, 3.8) is 0 Å². The third kappa shape index (κ3) is 6.71. The van der Waals surface area contributed by atoms with Crippen LogP contribution in [0.25, 0.3) is 0 Å². The normalized spacial score (nSPS) is 11.7. The molecule has 2 aromatic heterocycles. The number of primary sulfonamides is 1. The van der Waals surface area contributed by atoms with E-state index in [0.717, 1.165) is 28.3 Å². The summed E-state index contributed by atoms with van der Waals surface area (Å²) in [5.41, 5.74) is 1.01. The predicted octanol–water partition coefficient (Wildman–Crippen LogP) is 1.32. The van der Waals surface area contributed by atoms with Crippen molar-refractivity contribution >= 4 is 51.3 Å². The van der Waals surface area contributed by atoms with Gasteiger partial charge in [0.15, 0.2) is 5.96 Å². The molecule has 10 heteroatoms. The average Bonchev–Trinajstić information content (AvgIpc) is 3.01. The fraction of sp³-hybridized carbons (Fsp3) is 0.286. The van der Waals surface area contributed by atoms with E-state index < -0.39 is 10.0 Å². The van der Waals surface area contributed by atoms with Gasteiger partial charge in [-0.1, -0.05) is 6.07 Å². The van der Waals surface area contributed by atoms with Gasteiger partial charge in [-0.05, 0) is 24.3 Å². The molecule has 24 heavy (non-hydrogen) atoms. The molecule has 7 nitrogen and oxygen atoms in total. The Morgan fingerprint density at radius 3 is 2.67 bits per heavy atom. The van der Waals surface area contributed by atoms with Crippen molar-refractivity contribution in [1.82, 2.24) is 15.6 Å². The second-order valence-electron chi connectivity index (χ2n) is 4.69. The third-order valence-electron chi connectivity index (χ3n) is 2.97. The number of halogens is 1. The number of nitrogens with two attached hydrogens (primary N) is 1. The van der Waals surface area contributed by atoms with Crippen LogP contribution in [0.15, 0.2) is 45.7 Å². The van der Waals surface area contributed by atoms with E-state index in [4.69, 9.17) is 5.14 Å². The standard InChI is InChI=1S/C14H19N5O2S2.HI/c1-16-14(18-9-7-11-4-2-3-8-17-11)19-10-12-5-6-13(22-12)23(15,20)21;/h2-6,8H,7,9-10H2,1H3,(H2,15,20,21)(H2,16,18,19);1H. The van der Waals surface area contributed by atoms with Gasteiger partial charge in [0.05, 0.1) is 6.54 Å². The molecule has 0 bridgehead atoms. The molecule has 0 aliphatic carbocycles. The lowest BCUT2D eigenvalue weighted by Gasteiger charge is -2.10. The lowest BCUT2D eigenvalue weighted by atomic mass is 10.3. The molecule has 2 rings (SSSR count). The summed E-state index contributed by atoms with van der Waals surface area (Å²) in [5.74, 6) is 0.645. The SMILES string of the molecule is CN=C(NCCc1ccccn1)NCc1ccc(S(N)(=O)=O)s1.I. The summed E-state index contributed by atoms with van der Waals surface area (Å²) in [7, 11) is -1.95. The van der Waals surface area contributed by atoms with Crippen molar-refractivity contribution in [2.24, 2.45) is 10.1 Å². The summed E-state index contributed by atoms with van der Waals surface area (Å²) >= 11 is 1.14. The molecule has 0 aromatic carbocycles. The van der Waals surface area contributed by atoms with E-state index in [1.165, 1.54) is 6.07 Å². The Morgan fingerprint density at radius 2 is 2.08 bits per heavy atom. The van der Waals surface area contributed by atoms with Crippen LogP contribution in [0.4, 0.5) is 0 Å². The van der Waals surface area contributed by atoms with Crippen LogP contribution in [0, 0.1) is 0 Å². The summed E-state index contributed by atoms with van der Waals surface area (Å²) in [4.78, 5) is 9.24. The van der Waals surface area contributed by atoms with Gasteiger partial charge in [-0.25, -0.2) is 13.6 Å². The zero-order chi connectivity index (χ0) is 16.7. The maximum absolute atomic E-state index is 11.2. The Bertz CT molecular complexity index is 762. The van der Waals surface area contributed by atoms with Crippen molar-refractivity contribution in [2.45, 2.75) is 17.2 Å². The second kappa shape index (κ2) is 9.91. The first-order valence-corrected chi connectivity index (χ1v) is 9.31. The largest absolute Gasteiger partial charge is 0.356 e. The molecule has 0 aliphatic heterocycles. The van der Waals surface area contributed by atoms with Gasteiger partial charge in [-0.3, -0.25) is 9.98 Å². The van der Waals surface area contributed by atoms with Gasteiger partial charge in [0.25, 0.3) is 0 Å². The van der Waals surface area contributed by atoms with Crippen LogP contribution in [-0.2, 0) is 23.0 Å². The summed E-state index contributed by atoms with van der Waals surface area (Å²) in [5, 5.41) is 11.4. The second-order valence-corrected chi connectivity index (χ2v) is 7.65. The van der Waals surface area contributed by atoms with E-state index in [2.05, 4.69) is 20.6 Å². The molecule has 0 unspecified atom stereocenters. The Morgan fingerprint density at radius 1 is 1.29 bits per heavy atom. The third-order valence-corrected chi connectivity index (χ3v) is 5.49. The molecule has 2 heterocycles. The highest BCUT2D eigenvalue weighted by atomic mass is 127. The molecule has 0 saturated heterocycles. The van der Waals surface area contributed by atoms with Crippen molar-refractivity contribution in [3.05, 3.63) is 47.1 Å². The van der Waals surface area contributed by atoms with Crippen molar-refractivity contribution in [1.29, 1.82) is 0 Å². The highest BCUT2D eigenvalue weighted by molar-refractivity contribution is 14.0. The van der Waals surface area contributed by atoms with Crippen LogP contribution < -0.4 is 15.8 Å². The number of thiophene rings is 1. The average molecular weight is 481 g/mol. The van der Waals surface area contributed by atoms with Crippen LogP contribution in [0.5, 0.6) is 0 Å². The lowest BCUT2D eigenvalue weighted by Crippen LogP contribution is -2.37. The van der Waals surface area contributed by atoms with Crippen LogP contribution >= 0.6 is 35.3 Å². The van der Waals surface area contributed by atoms with Crippen molar-refractivity contribution in [2.75, 3.05) is 13.6 Å². The van der Waals surface area contributed by atoms with Gasteiger partial charge in [0.1, 0.15) is 4.21 Å². The van der Waals surface area contributed by atoms with Crippen LogP contribution in [0.1, 0.15) is 10.6 Å². The van der Waals surface area contributed by atoms with Gasteiger partial charge in [0.2, 0.25) is 10.0 Å². The number of nitrogens with one attached hydrogen (secondary N) is 2. The Balaban J connectivity index is 0.00000288. The molecule has 0 fully saturated rings. The van der Waals surface area contributed by atoms with Crippen molar-refractivity contribution in [3.8, 4) is 0 Å². The smallest absolute Gasteiger partial charge is 0.247 e. The topological polar surface area (TPSA) is 109 Å². The molecular weight excluding hydrogens is 461 g/mol. The summed E-state index contributed by atoms with van der Waals surface area (Å²) in [6, 6.07) is 9.05. The van der Waals surface area contributed by atoms with Gasteiger partial charge < -0.3 is 10.6 Å². The van der Waals surface area contributed by atoms with E-state index in [1.54, 1.807) is 19.3 Å². The van der Waals surface area contributed by atoms with E-state index in [9.17, 15) is 8.42 Å². The highest BCUT2D eigenvalue weighted by Crippen LogP contribution is 2.19. The number of sulfonamides is 1. The Hall–Kier alpha value is -1.24. The first-order chi connectivity index (χ1) is 11.0. The highest BCUT2D eigenvalue weighted by Gasteiger charge is 2.11. The molecule has 0 spiro atoms. The number of hydrogen-bond donors (Lipinski definition) is 3. The van der Waals surface area contributed by atoms with E-state index >= 15 is 0 Å². The number of rotatable bonds is 6. The minimum Gasteiger partial charge on any atom is -0.356 e. The predicted molar refractivity (Wildman–Crippen MR) is 107 cm³/mol. The summed E-state index contributed by atoms with van der Waals surface area (Å²) < 4.78 is 22.6. The molecule has 0 atom stereocenters. The van der Waals surface area contributed by atoms with E-state index in [-0.39, 0.29) is 28.2 Å². The molecule has 0 amide bonds. The Kier molecular flexibility index (Phi) is 8.59. The number of aliphatic imine (C=N–C) groups is 1. The van der Waals surface area contributed by atoms with Gasteiger partial charge >= 0.3 is 0 Å². The quantitative estimate of drug-likeness (QED) is 0.328. The fourth-order valence-corrected chi connectivity index (χ4v) is 3.57. The first kappa shape index (κ1) is 20.8. The zero-order valence-electron chi connectivity index (χ0n) is 13.1. The van der Waals surface area contributed by atoms with Gasteiger partial charge in [-0.15, -0.1) is 35.3 Å². The maximum Gasteiger partial charge on any atom is 0.247 e. The summed E-state index contributed by atoms with van der Waals surface area (Å²) in [6.07, 6.45) is 2.55. The molecule has 132 valence electrons. The Labute approximate surface area is 162 Å². The van der Waals surface area contributed by atoms with Crippen LogP contribution in [-0.4, -0.2) is 33.0 Å². The molecule has 0 aliphatic rings. The molecule has 4 N–H and O–H groups in total. The van der Waals surface area contributed by atoms with E-state index in [0.29, 0.717) is 19.0 Å². The van der Waals surface area contributed by atoms with Gasteiger partial charge in [0, 0.05) is 36.8 Å². The fourth-order valence-electron chi connectivity index (χ4n) is 1.85. The lowest BCUT2D eigenvalue weighted by molar-refractivity contribution is 0.600. The van der Waals surface area contributed by atoms with Crippen LogP contribution in [0.2, 0.25) is 0 Å². The minimum absolute atomic E-state index is 0. The number of hydrogen-bond acceptors (Lipinski definition) is 5. The van der Waals surface area contributed by atoms with Crippen molar-refractivity contribution < 1.29 is 8.42 Å². The van der Waals surface area contributed by atoms with E-state index in [1.807, 2.05) is 18.2 Å². The molecule has 0 saturated carbocycles. The minimum atomic E-state index is -3.63. The first-order valence-electron chi connectivity index (χ1n) is 6.95. The van der Waals surface area contributed by atoms with Crippen LogP contribution in [0.3, 0.4) is 0 Å². The number of guanidine groups is 1. The zero-order valence-corrected chi connectivity index (χ0v) is 17.1. The van der Waals surface area contributed by atoms with Gasteiger partial charge in [-0.2, -0.15) is 0 Å². The monoisotopic (exact) mass is 481 g/mol.